The van der Waals surface area contributed by atoms with Crippen LogP contribution in [0, 0.1) is 18.3 Å². The Balaban J connectivity index is 1.65. The summed E-state index contributed by atoms with van der Waals surface area (Å²) in [5.74, 6) is 1.35. The average molecular weight is 502 g/mol. The minimum Gasteiger partial charge on any atom is -0.493 e. The number of aryl methyl sites for hydroxylation is 1. The molecule has 0 bridgehead atoms. The van der Waals surface area contributed by atoms with Crippen molar-refractivity contribution in [1.82, 2.24) is 9.88 Å². The number of carbonyl (C=O) groups excluding carboxylic acids is 1. The van der Waals surface area contributed by atoms with Gasteiger partial charge in [-0.05, 0) is 50.1 Å². The van der Waals surface area contributed by atoms with E-state index in [1.165, 1.54) is 10.5 Å². The molecule has 0 aliphatic carbocycles. The van der Waals surface area contributed by atoms with Crippen LogP contribution in [0.25, 0.3) is 0 Å². The highest BCUT2D eigenvalue weighted by atomic mass is 16.5. The summed E-state index contributed by atoms with van der Waals surface area (Å²) in [6.07, 6.45) is 3.24. The topological polar surface area (TPSA) is 116 Å². The number of anilines is 1. The monoisotopic (exact) mass is 501 g/mol. The average Bonchev–Trinajstić information content (AvgIpc) is 3.19. The maximum atomic E-state index is 12.5. The van der Waals surface area contributed by atoms with Crippen molar-refractivity contribution < 1.29 is 29.6 Å². The van der Waals surface area contributed by atoms with Crippen molar-refractivity contribution in [3.63, 3.8) is 0 Å². The molecule has 2 saturated heterocycles. The van der Waals surface area contributed by atoms with Gasteiger partial charge in [-0.2, -0.15) is 0 Å². The molecular weight excluding hydrogens is 462 g/mol. The summed E-state index contributed by atoms with van der Waals surface area (Å²) in [7, 11) is 1.57. The molecule has 0 unspecified atom stereocenters. The van der Waals surface area contributed by atoms with Gasteiger partial charge in [-0.1, -0.05) is 19.6 Å². The summed E-state index contributed by atoms with van der Waals surface area (Å²) in [6.45, 7) is 13.0. The normalized spacial score (nSPS) is 24.8. The predicted molar refractivity (Wildman–Crippen MR) is 137 cm³/mol. The van der Waals surface area contributed by atoms with E-state index in [1.807, 2.05) is 39.1 Å². The maximum Gasteiger partial charge on any atom is 0.253 e. The van der Waals surface area contributed by atoms with Crippen molar-refractivity contribution in [2.24, 2.45) is 11.3 Å². The molecule has 2 fully saturated rings. The molecule has 1 aromatic rings. The number of rotatable bonds is 10. The molecule has 1 amide bonds. The van der Waals surface area contributed by atoms with E-state index in [-0.39, 0.29) is 25.1 Å². The molecular formula is C27H39N3O6. The fraction of sp³-hybridized carbons (Fsp3) is 0.556. The first kappa shape index (κ1) is 27.7. The summed E-state index contributed by atoms with van der Waals surface area (Å²) < 4.78 is 11.7. The number of aliphatic hydroxyl groups is 3. The number of hydrogen-bond donors (Lipinski definition) is 3. The highest BCUT2D eigenvalue weighted by Gasteiger charge is 2.49. The van der Waals surface area contributed by atoms with Crippen LogP contribution in [0.2, 0.25) is 0 Å². The molecule has 0 aromatic carbocycles. The first-order valence-electron chi connectivity index (χ1n) is 12.2. The van der Waals surface area contributed by atoms with E-state index in [2.05, 4.69) is 22.5 Å². The number of likely N-dealkylation sites (tertiary alicyclic amines) is 1. The minimum atomic E-state index is -1.47. The zero-order valence-corrected chi connectivity index (χ0v) is 21.8. The number of methoxy groups -OCH3 is 1. The van der Waals surface area contributed by atoms with Crippen LogP contribution in [0.4, 0.5) is 5.82 Å². The van der Waals surface area contributed by atoms with Crippen LogP contribution >= 0.6 is 0 Å². The van der Waals surface area contributed by atoms with E-state index in [1.54, 1.807) is 20.1 Å². The van der Waals surface area contributed by atoms with Crippen LogP contribution in [0.1, 0.15) is 26.3 Å². The molecule has 2 aliphatic heterocycles. The number of ether oxygens (including phenoxy) is 2. The number of hydrogen-bond acceptors (Lipinski definition) is 8. The highest BCUT2D eigenvalue weighted by Crippen LogP contribution is 2.43. The van der Waals surface area contributed by atoms with E-state index >= 15 is 0 Å². The molecule has 3 heterocycles. The van der Waals surface area contributed by atoms with Gasteiger partial charge in [-0.25, -0.2) is 4.98 Å². The van der Waals surface area contributed by atoms with Crippen molar-refractivity contribution in [2.45, 2.75) is 46.0 Å². The zero-order valence-electron chi connectivity index (χ0n) is 21.8. The van der Waals surface area contributed by atoms with Crippen LogP contribution in [0.5, 0.6) is 0 Å². The van der Waals surface area contributed by atoms with Crippen molar-refractivity contribution >= 4 is 11.7 Å². The number of aromatic nitrogens is 1. The summed E-state index contributed by atoms with van der Waals surface area (Å²) in [5, 5.41) is 29.5. The number of carbonyl (C=O) groups is 1. The van der Waals surface area contributed by atoms with E-state index in [0.717, 1.165) is 24.5 Å². The van der Waals surface area contributed by atoms with Crippen LogP contribution in [0.3, 0.4) is 0 Å². The van der Waals surface area contributed by atoms with Crippen LogP contribution < -0.4 is 4.90 Å². The molecule has 3 N–H and O–H groups in total. The van der Waals surface area contributed by atoms with Crippen molar-refractivity contribution in [3.05, 3.63) is 59.7 Å². The third-order valence-corrected chi connectivity index (χ3v) is 7.33. The first-order valence-corrected chi connectivity index (χ1v) is 12.2. The Labute approximate surface area is 213 Å². The Morgan fingerprint density at radius 3 is 2.61 bits per heavy atom. The summed E-state index contributed by atoms with van der Waals surface area (Å²) in [4.78, 5) is 20.5. The van der Waals surface area contributed by atoms with Crippen LogP contribution in [-0.2, 0) is 14.3 Å². The molecule has 1 aromatic heterocycles. The summed E-state index contributed by atoms with van der Waals surface area (Å²) in [6, 6.07) is 4.02. The lowest BCUT2D eigenvalue weighted by Crippen LogP contribution is -2.52. The Hall–Kier alpha value is -2.88. The van der Waals surface area contributed by atoms with Gasteiger partial charge in [0.25, 0.3) is 5.91 Å². The lowest BCUT2D eigenvalue weighted by Gasteiger charge is -2.40. The Bertz CT molecular complexity index is 1020. The van der Waals surface area contributed by atoms with Gasteiger partial charge in [0, 0.05) is 30.6 Å². The molecule has 9 heteroatoms. The summed E-state index contributed by atoms with van der Waals surface area (Å²) >= 11 is 0. The lowest BCUT2D eigenvalue weighted by atomic mass is 9.72. The molecule has 198 valence electrons. The first-order chi connectivity index (χ1) is 17.0. The van der Waals surface area contributed by atoms with Gasteiger partial charge >= 0.3 is 0 Å². The predicted octanol–water partition coefficient (Wildman–Crippen LogP) is 1.78. The van der Waals surface area contributed by atoms with E-state index in [4.69, 9.17) is 14.6 Å². The molecule has 36 heavy (non-hydrogen) atoms. The van der Waals surface area contributed by atoms with E-state index < -0.39 is 30.1 Å². The van der Waals surface area contributed by atoms with Crippen molar-refractivity contribution in [1.29, 1.82) is 0 Å². The maximum absolute atomic E-state index is 12.5. The Morgan fingerprint density at radius 1 is 1.33 bits per heavy atom. The molecule has 0 saturated carbocycles. The molecule has 2 aliphatic rings. The fourth-order valence-electron chi connectivity index (χ4n) is 4.76. The number of amides is 1. The van der Waals surface area contributed by atoms with Gasteiger partial charge in [0.2, 0.25) is 0 Å². The standard InChI is InChI=1S/C27H39N3O6/c1-17-9-10-28-25(11-17)29-12-21(13-29)36-19(3)24(35-6)8-7-18(2)22-14-30(26(34)23(33)15-31)16-27(22,5)20(4)32/h7-11,20-23,31-33H,2,12-16H2,1,3-6H3/b8-7-,24-19-/t20-,22+,23+,27+/m1/s1. The van der Waals surface area contributed by atoms with Crippen LogP contribution in [-0.4, -0.2) is 89.3 Å². The van der Waals surface area contributed by atoms with E-state index in [0.29, 0.717) is 11.5 Å². The van der Waals surface area contributed by atoms with Gasteiger partial charge in [-0.15, -0.1) is 0 Å². The minimum absolute atomic E-state index is 0.0277. The molecule has 0 spiro atoms. The van der Waals surface area contributed by atoms with Crippen LogP contribution in [0.15, 0.2) is 54.2 Å². The molecule has 4 atom stereocenters. The Morgan fingerprint density at radius 2 is 2.03 bits per heavy atom. The number of allylic oxidation sites excluding steroid dienone is 3. The van der Waals surface area contributed by atoms with Gasteiger partial charge in [-0.3, -0.25) is 4.79 Å². The van der Waals surface area contributed by atoms with Gasteiger partial charge < -0.3 is 34.6 Å². The largest absolute Gasteiger partial charge is 0.493 e. The fourth-order valence-corrected chi connectivity index (χ4v) is 4.76. The van der Waals surface area contributed by atoms with Crippen molar-refractivity contribution in [3.8, 4) is 0 Å². The number of aliphatic hydroxyl groups excluding tert-OH is 3. The van der Waals surface area contributed by atoms with Gasteiger partial charge in [0.05, 0.1) is 32.9 Å². The third-order valence-electron chi connectivity index (χ3n) is 7.33. The highest BCUT2D eigenvalue weighted by molar-refractivity contribution is 5.81. The molecule has 0 radical (unpaired) electrons. The second-order valence-electron chi connectivity index (χ2n) is 10.0. The third kappa shape index (κ3) is 5.91. The molecule has 3 rings (SSSR count). The quantitative estimate of drug-likeness (QED) is 0.328. The second kappa shape index (κ2) is 11.5. The van der Waals surface area contributed by atoms with Gasteiger partial charge in [0.15, 0.2) is 11.9 Å². The van der Waals surface area contributed by atoms with E-state index in [9.17, 15) is 15.0 Å². The second-order valence-corrected chi connectivity index (χ2v) is 10.0. The number of pyridine rings is 1. The molecule has 9 nitrogen and oxygen atoms in total. The lowest BCUT2D eigenvalue weighted by molar-refractivity contribution is -0.141. The number of nitrogens with zero attached hydrogens (tertiary/aromatic N) is 3. The van der Waals surface area contributed by atoms with Gasteiger partial charge in [0.1, 0.15) is 17.7 Å². The Kier molecular flexibility index (Phi) is 8.81. The zero-order chi connectivity index (χ0) is 26.6. The SMILES string of the molecule is C=C(/C=C\C(OC)=C(/C)OC1CN(c2cc(C)ccn2)C1)[C@@H]1CN(C(=O)[C@@H](O)CO)C[C@@]1(C)[C@@H](C)O. The van der Waals surface area contributed by atoms with Crippen molar-refractivity contribution in [2.75, 3.05) is 44.8 Å². The smallest absolute Gasteiger partial charge is 0.253 e. The summed E-state index contributed by atoms with van der Waals surface area (Å²) in [5.41, 5.74) is 1.22.